The second kappa shape index (κ2) is 7.03. The van der Waals surface area contributed by atoms with Gasteiger partial charge in [-0.05, 0) is 25.5 Å². The zero-order chi connectivity index (χ0) is 18.1. The molecule has 1 aromatic carbocycles. The van der Waals surface area contributed by atoms with Crippen LogP contribution in [0.15, 0.2) is 35.0 Å². The van der Waals surface area contributed by atoms with Crippen LogP contribution < -0.4 is 0 Å². The Labute approximate surface area is 152 Å². The van der Waals surface area contributed by atoms with Gasteiger partial charge in [-0.3, -0.25) is 9.58 Å². The third-order valence-electron chi connectivity index (χ3n) is 4.90. The number of halogens is 1. The van der Waals surface area contributed by atoms with E-state index in [4.69, 9.17) is 4.52 Å². The standard InChI is InChI=1S/C20H23FN4O/c1-3-8-25-12-16(14(2)22-25)11-24-9-7-19-18(13-24)20(23-26-19)15-5-4-6-17(21)10-15/h4-6,10,12H,3,7-9,11,13H2,1-2H3. The van der Waals surface area contributed by atoms with E-state index in [-0.39, 0.29) is 5.82 Å². The predicted molar refractivity (Wildman–Crippen MR) is 97.0 cm³/mol. The third kappa shape index (κ3) is 3.29. The molecule has 6 heteroatoms. The lowest BCUT2D eigenvalue weighted by Crippen LogP contribution is -2.29. The van der Waals surface area contributed by atoms with Crippen molar-refractivity contribution in [3.8, 4) is 11.3 Å². The molecule has 1 aliphatic rings. The van der Waals surface area contributed by atoms with Gasteiger partial charge < -0.3 is 4.52 Å². The van der Waals surface area contributed by atoms with Crippen LogP contribution in [0.3, 0.4) is 0 Å². The molecule has 0 spiro atoms. The summed E-state index contributed by atoms with van der Waals surface area (Å²) in [7, 11) is 0. The number of rotatable bonds is 5. The van der Waals surface area contributed by atoms with Gasteiger partial charge in [-0.1, -0.05) is 24.2 Å². The highest BCUT2D eigenvalue weighted by molar-refractivity contribution is 5.63. The molecule has 0 aliphatic carbocycles. The Morgan fingerprint density at radius 2 is 2.19 bits per heavy atom. The van der Waals surface area contributed by atoms with E-state index < -0.39 is 0 Å². The number of nitrogens with zero attached hydrogens (tertiary/aromatic N) is 4. The minimum Gasteiger partial charge on any atom is -0.360 e. The lowest BCUT2D eigenvalue weighted by atomic mass is 10.0. The Morgan fingerprint density at radius 1 is 1.31 bits per heavy atom. The molecule has 3 aromatic rings. The Morgan fingerprint density at radius 3 is 3.00 bits per heavy atom. The summed E-state index contributed by atoms with van der Waals surface area (Å²) in [6.07, 6.45) is 4.04. The van der Waals surface area contributed by atoms with Crippen LogP contribution in [0.2, 0.25) is 0 Å². The first-order chi connectivity index (χ1) is 12.6. The summed E-state index contributed by atoms with van der Waals surface area (Å²) < 4.78 is 21.1. The summed E-state index contributed by atoms with van der Waals surface area (Å²) in [4.78, 5) is 2.38. The highest BCUT2D eigenvalue weighted by Crippen LogP contribution is 2.31. The topological polar surface area (TPSA) is 47.1 Å². The summed E-state index contributed by atoms with van der Waals surface area (Å²) in [5, 5.41) is 8.80. The number of hydrogen-bond acceptors (Lipinski definition) is 4. The number of benzene rings is 1. The average molecular weight is 354 g/mol. The second-order valence-corrected chi connectivity index (χ2v) is 6.91. The van der Waals surface area contributed by atoms with Crippen molar-refractivity contribution in [3.63, 3.8) is 0 Å². The lowest BCUT2D eigenvalue weighted by Gasteiger charge is -2.25. The molecule has 0 N–H and O–H groups in total. The van der Waals surface area contributed by atoms with Crippen LogP contribution in [0.1, 0.15) is 35.9 Å². The van der Waals surface area contributed by atoms with E-state index in [2.05, 4.69) is 35.2 Å². The smallest absolute Gasteiger partial charge is 0.143 e. The number of hydrogen-bond donors (Lipinski definition) is 0. The van der Waals surface area contributed by atoms with E-state index in [1.165, 1.54) is 17.7 Å². The van der Waals surface area contributed by atoms with Gasteiger partial charge in [0.25, 0.3) is 0 Å². The molecule has 3 heterocycles. The molecule has 4 rings (SSSR count). The van der Waals surface area contributed by atoms with Gasteiger partial charge in [0.05, 0.1) is 5.69 Å². The predicted octanol–water partition coefficient (Wildman–Crippen LogP) is 3.95. The average Bonchev–Trinajstić information content (AvgIpc) is 3.19. The molecule has 0 atom stereocenters. The maximum absolute atomic E-state index is 13.6. The van der Waals surface area contributed by atoms with Crippen LogP contribution in [0.5, 0.6) is 0 Å². The van der Waals surface area contributed by atoms with Gasteiger partial charge in [0.2, 0.25) is 0 Å². The molecule has 5 nitrogen and oxygen atoms in total. The molecular weight excluding hydrogens is 331 g/mol. The second-order valence-electron chi connectivity index (χ2n) is 6.91. The highest BCUT2D eigenvalue weighted by Gasteiger charge is 2.25. The summed E-state index contributed by atoms with van der Waals surface area (Å²) >= 11 is 0. The van der Waals surface area contributed by atoms with E-state index in [0.29, 0.717) is 0 Å². The third-order valence-corrected chi connectivity index (χ3v) is 4.90. The number of fused-ring (bicyclic) bond motifs is 1. The van der Waals surface area contributed by atoms with Crippen LogP contribution in [0.4, 0.5) is 4.39 Å². The van der Waals surface area contributed by atoms with E-state index in [1.807, 2.05) is 10.7 Å². The van der Waals surface area contributed by atoms with Crippen molar-refractivity contribution in [1.29, 1.82) is 0 Å². The fraction of sp³-hybridized carbons (Fsp3) is 0.400. The van der Waals surface area contributed by atoms with Gasteiger partial charge in [-0.25, -0.2) is 4.39 Å². The maximum Gasteiger partial charge on any atom is 0.143 e. The zero-order valence-corrected chi connectivity index (χ0v) is 15.2. The maximum atomic E-state index is 13.6. The van der Waals surface area contributed by atoms with Crippen molar-refractivity contribution < 1.29 is 8.91 Å². The molecule has 0 bridgehead atoms. The summed E-state index contributed by atoms with van der Waals surface area (Å²) in [6, 6.07) is 6.53. The quantitative estimate of drug-likeness (QED) is 0.696. The number of aromatic nitrogens is 3. The fourth-order valence-electron chi connectivity index (χ4n) is 3.56. The van der Waals surface area contributed by atoms with Gasteiger partial charge >= 0.3 is 0 Å². The Bertz CT molecular complexity index is 914. The molecule has 2 aromatic heterocycles. The first kappa shape index (κ1) is 17.0. The molecule has 26 heavy (non-hydrogen) atoms. The van der Waals surface area contributed by atoms with Crippen LogP contribution >= 0.6 is 0 Å². The number of aryl methyl sites for hydroxylation is 2. The van der Waals surface area contributed by atoms with Gasteiger partial charge in [-0.15, -0.1) is 0 Å². The van der Waals surface area contributed by atoms with Crippen molar-refractivity contribution >= 4 is 0 Å². The molecule has 0 unspecified atom stereocenters. The first-order valence-electron chi connectivity index (χ1n) is 9.12. The van der Waals surface area contributed by atoms with Crippen molar-refractivity contribution in [2.75, 3.05) is 6.54 Å². The normalized spacial score (nSPS) is 14.6. The van der Waals surface area contributed by atoms with E-state index in [9.17, 15) is 4.39 Å². The zero-order valence-electron chi connectivity index (χ0n) is 15.2. The SMILES string of the molecule is CCCn1cc(CN2CCc3onc(-c4cccc(F)c4)c3C2)c(C)n1. The first-order valence-corrected chi connectivity index (χ1v) is 9.12. The molecule has 0 fully saturated rings. The van der Waals surface area contributed by atoms with Crippen molar-refractivity contribution in [2.24, 2.45) is 0 Å². The summed E-state index contributed by atoms with van der Waals surface area (Å²) in [6.45, 7) is 7.69. The van der Waals surface area contributed by atoms with Gasteiger partial charge in [-0.2, -0.15) is 5.10 Å². The molecule has 136 valence electrons. The Kier molecular flexibility index (Phi) is 4.59. The van der Waals surface area contributed by atoms with E-state index in [1.54, 1.807) is 6.07 Å². The van der Waals surface area contributed by atoms with Crippen LogP contribution in [0, 0.1) is 12.7 Å². The minimum atomic E-state index is -0.258. The van der Waals surface area contributed by atoms with E-state index >= 15 is 0 Å². The van der Waals surface area contributed by atoms with Gasteiger partial charge in [0.15, 0.2) is 0 Å². The van der Waals surface area contributed by atoms with Crippen molar-refractivity contribution in [2.45, 2.75) is 46.3 Å². The van der Waals surface area contributed by atoms with E-state index in [0.717, 1.165) is 67.3 Å². The molecule has 0 amide bonds. The van der Waals surface area contributed by atoms with Crippen molar-refractivity contribution in [3.05, 3.63) is 58.9 Å². The van der Waals surface area contributed by atoms with Gasteiger partial charge in [0.1, 0.15) is 17.3 Å². The van der Waals surface area contributed by atoms with Gasteiger partial charge in [0, 0.05) is 55.5 Å². The molecule has 1 aliphatic heterocycles. The molecule has 0 saturated heterocycles. The van der Waals surface area contributed by atoms with Crippen LogP contribution in [-0.2, 0) is 26.1 Å². The van der Waals surface area contributed by atoms with Crippen LogP contribution in [0.25, 0.3) is 11.3 Å². The monoisotopic (exact) mass is 354 g/mol. The fourth-order valence-corrected chi connectivity index (χ4v) is 3.56. The van der Waals surface area contributed by atoms with Crippen molar-refractivity contribution in [1.82, 2.24) is 19.8 Å². The highest BCUT2D eigenvalue weighted by atomic mass is 19.1. The minimum absolute atomic E-state index is 0.258. The lowest BCUT2D eigenvalue weighted by molar-refractivity contribution is 0.228. The molecule has 0 saturated carbocycles. The Balaban J connectivity index is 1.55. The Hall–Kier alpha value is -2.47. The summed E-state index contributed by atoms with van der Waals surface area (Å²) in [5.74, 6) is 0.657. The molecular formula is C20H23FN4O. The van der Waals surface area contributed by atoms with Crippen LogP contribution in [-0.4, -0.2) is 26.4 Å². The summed E-state index contributed by atoms with van der Waals surface area (Å²) in [5.41, 5.74) is 4.93. The largest absolute Gasteiger partial charge is 0.360 e. The molecule has 0 radical (unpaired) electrons.